The molecule has 0 saturated heterocycles. The van der Waals surface area contributed by atoms with Crippen molar-refractivity contribution in [2.24, 2.45) is 0 Å². The molecule has 2 heterocycles. The third-order valence-corrected chi connectivity index (χ3v) is 6.27. The molecule has 9 heteroatoms. The molecule has 0 aliphatic carbocycles. The third kappa shape index (κ3) is 7.30. The van der Waals surface area contributed by atoms with Gasteiger partial charge in [-0.25, -0.2) is 9.97 Å². The fourth-order valence-corrected chi connectivity index (χ4v) is 4.19. The van der Waals surface area contributed by atoms with Crippen molar-refractivity contribution in [3.8, 4) is 11.3 Å². The minimum atomic E-state index is -4.53. The average Bonchev–Trinajstić information content (AvgIpc) is 2.87. The van der Waals surface area contributed by atoms with E-state index in [2.05, 4.69) is 53.1 Å². The molecular formula is C30H34F3N5O. The molecule has 0 aliphatic heterocycles. The Hall–Kier alpha value is -3.56. The first kappa shape index (κ1) is 28.4. The van der Waals surface area contributed by atoms with Crippen LogP contribution in [0.3, 0.4) is 0 Å². The molecule has 0 unspecified atom stereocenters. The van der Waals surface area contributed by atoms with Gasteiger partial charge >= 0.3 is 6.18 Å². The molecule has 1 N–H and O–H groups in total. The second-order valence-electron chi connectivity index (χ2n) is 10.8. The summed E-state index contributed by atoms with van der Waals surface area (Å²) in [5.41, 5.74) is 1.96. The lowest BCUT2D eigenvalue weighted by Crippen LogP contribution is -2.15. The van der Waals surface area contributed by atoms with Crippen molar-refractivity contribution < 1.29 is 17.9 Å². The van der Waals surface area contributed by atoms with E-state index in [4.69, 9.17) is 9.72 Å². The van der Waals surface area contributed by atoms with E-state index in [-0.39, 0.29) is 17.7 Å². The molecule has 2 aromatic carbocycles. The first-order valence-electron chi connectivity index (χ1n) is 12.8. The zero-order valence-corrected chi connectivity index (χ0v) is 22.9. The Labute approximate surface area is 227 Å². The van der Waals surface area contributed by atoms with E-state index < -0.39 is 11.7 Å². The topological polar surface area (TPSA) is 63.2 Å². The molecule has 39 heavy (non-hydrogen) atoms. The Kier molecular flexibility index (Phi) is 8.51. The van der Waals surface area contributed by atoms with Gasteiger partial charge < -0.3 is 15.0 Å². The van der Waals surface area contributed by atoms with Crippen LogP contribution in [0.25, 0.3) is 22.2 Å². The number of ether oxygens (including phenoxy) is 1. The van der Waals surface area contributed by atoms with E-state index >= 15 is 0 Å². The first-order chi connectivity index (χ1) is 18.4. The minimum absolute atomic E-state index is 0.0222. The van der Waals surface area contributed by atoms with Gasteiger partial charge in [-0.05, 0) is 74.4 Å². The number of anilines is 2. The van der Waals surface area contributed by atoms with Crippen LogP contribution in [0.5, 0.6) is 0 Å². The zero-order valence-electron chi connectivity index (χ0n) is 22.9. The maximum atomic E-state index is 13.7. The lowest BCUT2D eigenvalue weighted by molar-refractivity contribution is -0.137. The highest BCUT2D eigenvalue weighted by Gasteiger charge is 2.34. The fourth-order valence-electron chi connectivity index (χ4n) is 4.19. The van der Waals surface area contributed by atoms with Gasteiger partial charge in [0.1, 0.15) is 12.4 Å². The van der Waals surface area contributed by atoms with Crippen LogP contribution in [0.1, 0.15) is 44.1 Å². The van der Waals surface area contributed by atoms with Crippen molar-refractivity contribution in [2.45, 2.75) is 45.4 Å². The van der Waals surface area contributed by atoms with Crippen molar-refractivity contribution in [1.82, 2.24) is 19.9 Å². The molecule has 0 fully saturated rings. The summed E-state index contributed by atoms with van der Waals surface area (Å²) in [7, 11) is 4.00. The van der Waals surface area contributed by atoms with E-state index in [0.717, 1.165) is 24.7 Å². The maximum Gasteiger partial charge on any atom is 0.418 e. The molecule has 0 aliphatic rings. The largest absolute Gasteiger partial charge is 0.418 e. The van der Waals surface area contributed by atoms with Crippen LogP contribution in [0.4, 0.5) is 24.7 Å². The highest BCUT2D eigenvalue weighted by atomic mass is 19.4. The minimum Gasteiger partial charge on any atom is -0.373 e. The number of hydrogen-bond acceptors (Lipinski definition) is 6. The molecule has 2 aromatic heterocycles. The van der Waals surface area contributed by atoms with Gasteiger partial charge in [-0.2, -0.15) is 13.2 Å². The van der Waals surface area contributed by atoms with Crippen LogP contribution >= 0.6 is 0 Å². The quantitative estimate of drug-likeness (QED) is 0.228. The molecular weight excluding hydrogens is 503 g/mol. The van der Waals surface area contributed by atoms with Crippen LogP contribution in [0.2, 0.25) is 0 Å². The zero-order chi connectivity index (χ0) is 28.2. The van der Waals surface area contributed by atoms with Gasteiger partial charge in [-0.1, -0.05) is 39.0 Å². The van der Waals surface area contributed by atoms with Crippen LogP contribution in [-0.2, 0) is 22.9 Å². The van der Waals surface area contributed by atoms with Crippen LogP contribution in [0.15, 0.2) is 60.8 Å². The number of hydrogen-bond donors (Lipinski definition) is 1. The lowest BCUT2D eigenvalue weighted by atomic mass is 9.87. The Balaban J connectivity index is 1.71. The molecule has 0 atom stereocenters. The first-order valence-corrected chi connectivity index (χ1v) is 12.8. The number of aromatic nitrogens is 3. The number of pyridine rings is 1. The summed E-state index contributed by atoms with van der Waals surface area (Å²) in [6.45, 7) is 8.08. The van der Waals surface area contributed by atoms with Gasteiger partial charge in [0.05, 0.1) is 16.8 Å². The second kappa shape index (κ2) is 11.7. The Morgan fingerprint density at radius 2 is 1.69 bits per heavy atom. The van der Waals surface area contributed by atoms with Gasteiger partial charge in [0.2, 0.25) is 0 Å². The van der Waals surface area contributed by atoms with Gasteiger partial charge in [-0.3, -0.25) is 4.98 Å². The summed E-state index contributed by atoms with van der Waals surface area (Å²) in [4.78, 5) is 15.5. The summed E-state index contributed by atoms with van der Waals surface area (Å²) in [5, 5.41) is 4.05. The Morgan fingerprint density at radius 3 is 2.36 bits per heavy atom. The Bertz CT molecular complexity index is 1410. The average molecular weight is 538 g/mol. The van der Waals surface area contributed by atoms with Crippen molar-refractivity contribution in [2.75, 3.05) is 32.6 Å². The molecule has 4 aromatic rings. The van der Waals surface area contributed by atoms with E-state index in [1.807, 2.05) is 26.2 Å². The molecule has 6 nitrogen and oxygen atoms in total. The number of fused-ring (bicyclic) bond motifs is 1. The normalized spacial score (nSPS) is 12.3. The van der Waals surface area contributed by atoms with Gasteiger partial charge in [0.15, 0.2) is 5.82 Å². The van der Waals surface area contributed by atoms with Crippen molar-refractivity contribution in [3.05, 3.63) is 77.7 Å². The smallest absolute Gasteiger partial charge is 0.373 e. The predicted molar refractivity (Wildman–Crippen MR) is 149 cm³/mol. The van der Waals surface area contributed by atoms with Gasteiger partial charge in [-0.15, -0.1) is 0 Å². The van der Waals surface area contributed by atoms with E-state index in [1.165, 1.54) is 17.8 Å². The number of benzene rings is 2. The summed E-state index contributed by atoms with van der Waals surface area (Å²) >= 11 is 0. The standard InChI is InChI=1S/C30H34F3N5O/c1-29(2,3)21-10-12-22(13-11-21)35-28-23-14-9-20(27-24(30(31,32)33)8-6-15-34-27)18-25(23)36-26(37-28)19-39-17-7-16-38(4)5/h6,8-15,18H,7,16-17,19H2,1-5H3,(H,35,36,37). The van der Waals surface area contributed by atoms with E-state index in [1.54, 1.807) is 18.2 Å². The van der Waals surface area contributed by atoms with Gasteiger partial charge in [0, 0.05) is 29.4 Å². The number of halogens is 3. The number of alkyl halides is 3. The van der Waals surface area contributed by atoms with Crippen LogP contribution < -0.4 is 5.32 Å². The lowest BCUT2D eigenvalue weighted by Gasteiger charge is -2.19. The molecule has 0 bridgehead atoms. The monoisotopic (exact) mass is 537 g/mol. The van der Waals surface area contributed by atoms with Crippen molar-refractivity contribution in [1.29, 1.82) is 0 Å². The van der Waals surface area contributed by atoms with Crippen LogP contribution in [0, 0.1) is 0 Å². The number of nitrogens with zero attached hydrogens (tertiary/aromatic N) is 4. The van der Waals surface area contributed by atoms with E-state index in [0.29, 0.717) is 34.7 Å². The molecule has 4 rings (SSSR count). The summed E-state index contributed by atoms with van der Waals surface area (Å²) < 4.78 is 46.8. The molecule has 206 valence electrons. The van der Waals surface area contributed by atoms with Crippen LogP contribution in [-0.4, -0.2) is 47.1 Å². The van der Waals surface area contributed by atoms with Crippen molar-refractivity contribution in [3.63, 3.8) is 0 Å². The van der Waals surface area contributed by atoms with Crippen molar-refractivity contribution >= 4 is 22.4 Å². The highest BCUT2D eigenvalue weighted by molar-refractivity contribution is 5.93. The molecule has 0 amide bonds. The SMILES string of the molecule is CN(C)CCCOCc1nc(Nc2ccc(C(C)(C)C)cc2)c2ccc(-c3ncccc3C(F)(F)F)cc2n1. The maximum absolute atomic E-state index is 13.7. The third-order valence-electron chi connectivity index (χ3n) is 6.27. The molecule has 0 saturated carbocycles. The Morgan fingerprint density at radius 1 is 0.949 bits per heavy atom. The summed E-state index contributed by atoms with van der Waals surface area (Å²) in [6, 6.07) is 15.4. The molecule has 0 spiro atoms. The second-order valence-corrected chi connectivity index (χ2v) is 10.8. The number of rotatable bonds is 9. The molecule has 0 radical (unpaired) electrons. The van der Waals surface area contributed by atoms with Gasteiger partial charge in [0.25, 0.3) is 0 Å². The summed E-state index contributed by atoms with van der Waals surface area (Å²) in [6.07, 6.45) is -2.31. The fraction of sp³-hybridized carbons (Fsp3) is 0.367. The van der Waals surface area contributed by atoms with E-state index in [9.17, 15) is 13.2 Å². The summed E-state index contributed by atoms with van der Waals surface area (Å²) in [5.74, 6) is 0.995. The highest BCUT2D eigenvalue weighted by Crippen LogP contribution is 2.37. The number of nitrogens with one attached hydrogen (secondary N) is 1. The predicted octanol–water partition coefficient (Wildman–Crippen LogP) is 7.22.